The number of carbonyl (C=O) groups excluding carboxylic acids is 1. The second-order valence-corrected chi connectivity index (χ2v) is 10.8. The molecule has 1 aliphatic heterocycles. The summed E-state index contributed by atoms with van der Waals surface area (Å²) in [6.45, 7) is 2.37. The second-order valence-electron chi connectivity index (χ2n) is 9.76. The summed E-state index contributed by atoms with van der Waals surface area (Å²) in [5.41, 5.74) is 3.52. The zero-order chi connectivity index (χ0) is 28.5. The van der Waals surface area contributed by atoms with Gasteiger partial charge in [0.05, 0.1) is 18.8 Å². The smallest absolute Gasteiger partial charge is 0.303 e. The number of aliphatic carboxylic acids is 1. The predicted molar refractivity (Wildman–Crippen MR) is 149 cm³/mol. The summed E-state index contributed by atoms with van der Waals surface area (Å²) in [7, 11) is 0. The van der Waals surface area contributed by atoms with Crippen LogP contribution in [0.4, 0.5) is 0 Å². The standard InChI is InChI=1S/C30H34N2O7S/c1-20-25(19-40-27-6-2-3-16-32(27)37)38-30(39-29(20)23-12-10-22(18-33)11-13-23)24-14-8-21(9-15-24)17-31-26(34)5-4-7-28(35)36/h2-3,6,8-16,20,25,29-30,33H,4-5,7,17-19H2,1H3,(H,31,34)(H,35,36)/t20-,25+,29+,30+/m1/s1. The van der Waals surface area contributed by atoms with Crippen molar-refractivity contribution < 1.29 is 34.0 Å². The highest BCUT2D eigenvalue weighted by atomic mass is 32.2. The number of rotatable bonds is 12. The van der Waals surface area contributed by atoms with Gasteiger partial charge in [-0.25, -0.2) is 0 Å². The maximum atomic E-state index is 12.2. The van der Waals surface area contributed by atoms with E-state index in [-0.39, 0.29) is 43.5 Å². The number of pyridine rings is 1. The molecule has 40 heavy (non-hydrogen) atoms. The molecule has 1 aliphatic rings. The number of hydrogen-bond donors (Lipinski definition) is 3. The van der Waals surface area contributed by atoms with E-state index in [0.29, 0.717) is 23.7 Å². The lowest BCUT2D eigenvalue weighted by atomic mass is 9.91. The van der Waals surface area contributed by atoms with Gasteiger partial charge < -0.3 is 30.2 Å². The van der Waals surface area contributed by atoms with Gasteiger partial charge in [-0.1, -0.05) is 67.2 Å². The molecule has 212 valence electrons. The monoisotopic (exact) mass is 566 g/mol. The molecule has 4 atom stereocenters. The number of benzene rings is 2. The first kappa shape index (κ1) is 29.5. The Balaban J connectivity index is 1.45. The lowest BCUT2D eigenvalue weighted by molar-refractivity contribution is -0.645. The van der Waals surface area contributed by atoms with Crippen molar-refractivity contribution in [3.63, 3.8) is 0 Å². The Hall–Kier alpha value is -3.44. The molecule has 0 spiro atoms. The van der Waals surface area contributed by atoms with Gasteiger partial charge in [-0.05, 0) is 29.2 Å². The summed E-state index contributed by atoms with van der Waals surface area (Å²) in [6.07, 6.45) is 0.799. The molecule has 1 fully saturated rings. The normalized spacial score (nSPS) is 20.6. The molecule has 10 heteroatoms. The average molecular weight is 567 g/mol. The number of nitrogens with one attached hydrogen (secondary N) is 1. The molecule has 2 aromatic carbocycles. The molecule has 3 aromatic rings. The molecule has 1 saturated heterocycles. The van der Waals surface area contributed by atoms with E-state index in [0.717, 1.165) is 27.0 Å². The number of nitrogens with zero attached hydrogens (tertiary/aromatic N) is 1. The van der Waals surface area contributed by atoms with Gasteiger partial charge >= 0.3 is 5.97 Å². The van der Waals surface area contributed by atoms with Crippen molar-refractivity contribution in [2.45, 2.75) is 62.9 Å². The summed E-state index contributed by atoms with van der Waals surface area (Å²) in [5.74, 6) is -0.552. The number of hydrogen-bond acceptors (Lipinski definition) is 7. The lowest BCUT2D eigenvalue weighted by Gasteiger charge is -2.41. The summed E-state index contributed by atoms with van der Waals surface area (Å²) >= 11 is 1.44. The molecule has 1 amide bonds. The van der Waals surface area contributed by atoms with Gasteiger partial charge in [0, 0.05) is 48.8 Å². The highest BCUT2D eigenvalue weighted by Gasteiger charge is 2.38. The summed E-state index contributed by atoms with van der Waals surface area (Å²) in [6, 6.07) is 20.6. The first-order valence-corrected chi connectivity index (χ1v) is 14.2. The summed E-state index contributed by atoms with van der Waals surface area (Å²) in [4.78, 5) is 22.6. The van der Waals surface area contributed by atoms with Crippen molar-refractivity contribution >= 4 is 23.6 Å². The number of aromatic nitrogens is 1. The molecular weight excluding hydrogens is 532 g/mol. The largest absolute Gasteiger partial charge is 0.618 e. The van der Waals surface area contributed by atoms with Gasteiger partial charge in [0.15, 0.2) is 12.5 Å². The van der Waals surface area contributed by atoms with Crippen LogP contribution in [0.2, 0.25) is 0 Å². The fraction of sp³-hybridized carbons (Fsp3) is 0.367. The first-order chi connectivity index (χ1) is 19.3. The van der Waals surface area contributed by atoms with Crippen LogP contribution >= 0.6 is 11.8 Å². The van der Waals surface area contributed by atoms with Crippen LogP contribution in [0.1, 0.15) is 60.8 Å². The number of amides is 1. The van der Waals surface area contributed by atoms with Crippen LogP contribution in [0, 0.1) is 11.1 Å². The third kappa shape index (κ3) is 8.04. The Labute approximate surface area is 237 Å². The van der Waals surface area contributed by atoms with Crippen molar-refractivity contribution in [3.05, 3.63) is 100 Å². The van der Waals surface area contributed by atoms with Crippen LogP contribution in [0.15, 0.2) is 78.0 Å². The molecular formula is C30H34N2O7S. The molecule has 4 rings (SSSR count). The van der Waals surface area contributed by atoms with Gasteiger partial charge in [0.25, 0.3) is 5.03 Å². The minimum Gasteiger partial charge on any atom is -0.618 e. The predicted octanol–water partition coefficient (Wildman–Crippen LogP) is 4.27. The third-order valence-corrected chi connectivity index (χ3v) is 7.95. The van der Waals surface area contributed by atoms with E-state index in [9.17, 15) is 19.9 Å². The Bertz CT molecular complexity index is 1270. The SMILES string of the molecule is C[C@@H]1[C@H](CSc2cccc[n+]2[O-])O[C@H](c2ccc(CNC(=O)CCCC(=O)O)cc2)O[C@@H]1c1ccc(CO)cc1. The number of thioether (sulfide) groups is 1. The van der Waals surface area contributed by atoms with E-state index in [1.807, 2.05) is 54.6 Å². The lowest BCUT2D eigenvalue weighted by Crippen LogP contribution is -2.39. The van der Waals surface area contributed by atoms with Crippen molar-refractivity contribution in [1.82, 2.24) is 5.32 Å². The molecule has 3 N–H and O–H groups in total. The van der Waals surface area contributed by atoms with Crippen molar-refractivity contribution in [3.8, 4) is 0 Å². The molecule has 0 saturated carbocycles. The van der Waals surface area contributed by atoms with Crippen molar-refractivity contribution in [1.29, 1.82) is 0 Å². The Kier molecular flexibility index (Phi) is 10.5. The van der Waals surface area contributed by atoms with Gasteiger partial charge in [-0.3, -0.25) is 9.59 Å². The first-order valence-electron chi connectivity index (χ1n) is 13.2. The Morgan fingerprint density at radius 3 is 2.35 bits per heavy atom. The van der Waals surface area contributed by atoms with E-state index in [2.05, 4.69) is 12.2 Å². The molecule has 1 aromatic heterocycles. The van der Waals surface area contributed by atoms with Crippen LogP contribution in [-0.4, -0.2) is 33.9 Å². The highest BCUT2D eigenvalue weighted by molar-refractivity contribution is 7.99. The molecule has 0 radical (unpaired) electrons. The highest BCUT2D eigenvalue weighted by Crippen LogP contribution is 2.42. The topological polar surface area (TPSA) is 132 Å². The molecule has 0 aliphatic carbocycles. The van der Waals surface area contributed by atoms with Crippen LogP contribution < -0.4 is 10.0 Å². The van der Waals surface area contributed by atoms with Gasteiger partial charge in [0.2, 0.25) is 5.91 Å². The zero-order valence-corrected chi connectivity index (χ0v) is 23.1. The summed E-state index contributed by atoms with van der Waals surface area (Å²) < 4.78 is 13.8. The van der Waals surface area contributed by atoms with E-state index >= 15 is 0 Å². The number of carboxylic acid groups (broad SMARTS) is 1. The fourth-order valence-electron chi connectivity index (χ4n) is 4.48. The molecule has 0 bridgehead atoms. The Morgan fingerprint density at radius 2 is 1.68 bits per heavy atom. The minimum absolute atomic E-state index is 0.0110. The van der Waals surface area contributed by atoms with Crippen LogP contribution in [-0.2, 0) is 32.2 Å². The number of carbonyl (C=O) groups is 2. The van der Waals surface area contributed by atoms with E-state index in [1.54, 1.807) is 12.1 Å². The van der Waals surface area contributed by atoms with Crippen LogP contribution in [0.5, 0.6) is 0 Å². The van der Waals surface area contributed by atoms with Gasteiger partial charge in [-0.15, -0.1) is 0 Å². The van der Waals surface area contributed by atoms with Gasteiger partial charge in [-0.2, -0.15) is 4.73 Å². The van der Waals surface area contributed by atoms with E-state index in [1.165, 1.54) is 18.0 Å². The van der Waals surface area contributed by atoms with E-state index in [4.69, 9.17) is 14.6 Å². The number of aliphatic hydroxyl groups excluding tert-OH is 1. The third-order valence-electron chi connectivity index (χ3n) is 6.84. The van der Waals surface area contributed by atoms with Crippen molar-refractivity contribution in [2.24, 2.45) is 5.92 Å². The number of aliphatic hydroxyl groups is 1. The quantitative estimate of drug-likeness (QED) is 0.168. The zero-order valence-electron chi connectivity index (χ0n) is 22.3. The molecule has 9 nitrogen and oxygen atoms in total. The average Bonchev–Trinajstić information content (AvgIpc) is 2.96. The minimum atomic E-state index is -0.913. The van der Waals surface area contributed by atoms with Crippen LogP contribution in [0.25, 0.3) is 0 Å². The Morgan fingerprint density at radius 1 is 0.975 bits per heavy atom. The number of carboxylic acids is 1. The van der Waals surface area contributed by atoms with Crippen molar-refractivity contribution in [2.75, 3.05) is 5.75 Å². The van der Waals surface area contributed by atoms with Crippen LogP contribution in [0.3, 0.4) is 0 Å². The van der Waals surface area contributed by atoms with E-state index < -0.39 is 12.3 Å². The second kappa shape index (κ2) is 14.3. The maximum Gasteiger partial charge on any atom is 0.303 e. The fourth-order valence-corrected chi connectivity index (χ4v) is 5.56. The number of ether oxygens (including phenoxy) is 2. The maximum absolute atomic E-state index is 12.2. The molecule has 0 unspecified atom stereocenters. The van der Waals surface area contributed by atoms with Gasteiger partial charge in [0.1, 0.15) is 0 Å². The summed E-state index contributed by atoms with van der Waals surface area (Å²) in [5, 5.41) is 33.8. The molecule has 2 heterocycles.